The largest absolute Gasteiger partial charge is 0.493 e. The van der Waals surface area contributed by atoms with Crippen LogP contribution in [0.1, 0.15) is 34.0 Å². The Balaban J connectivity index is 1.61. The number of nitrogens with zero attached hydrogens (tertiary/aromatic N) is 1. The number of carboxylic acids is 1. The lowest BCUT2D eigenvalue weighted by Gasteiger charge is -2.24. The van der Waals surface area contributed by atoms with E-state index in [1.165, 1.54) is 24.1 Å². The van der Waals surface area contributed by atoms with E-state index in [4.69, 9.17) is 21.1 Å². The summed E-state index contributed by atoms with van der Waals surface area (Å²) in [4.78, 5) is 26.1. The smallest absolute Gasteiger partial charge is 0.323 e. The molecule has 0 aromatic heterocycles. The van der Waals surface area contributed by atoms with Gasteiger partial charge >= 0.3 is 5.97 Å². The van der Waals surface area contributed by atoms with Crippen LogP contribution in [0.15, 0.2) is 60.7 Å². The minimum atomic E-state index is -1.10. The van der Waals surface area contributed by atoms with Crippen LogP contribution in [0.3, 0.4) is 0 Å². The van der Waals surface area contributed by atoms with Gasteiger partial charge in [0.1, 0.15) is 18.0 Å². The Kier molecular flexibility index (Phi) is 6.98. The van der Waals surface area contributed by atoms with Crippen molar-refractivity contribution >= 4 is 23.5 Å². The van der Waals surface area contributed by atoms with E-state index in [-0.39, 0.29) is 11.6 Å². The van der Waals surface area contributed by atoms with Crippen molar-refractivity contribution in [3.05, 3.63) is 93.8 Å². The number of rotatable bonds is 8. The Morgan fingerprint density at radius 2 is 1.89 bits per heavy atom. The van der Waals surface area contributed by atoms with Crippen LogP contribution in [-0.4, -0.2) is 41.1 Å². The quantitative estimate of drug-likeness (QED) is 0.465. The zero-order chi connectivity index (χ0) is 25.2. The van der Waals surface area contributed by atoms with Crippen LogP contribution in [0.4, 0.5) is 4.39 Å². The second kappa shape index (κ2) is 9.96. The van der Waals surface area contributed by atoms with Gasteiger partial charge in [-0.15, -0.1) is 0 Å². The molecule has 1 atom stereocenters. The molecule has 1 heterocycles. The number of ether oxygens (including phenoxy) is 2. The number of carbonyl (C=O) groups is 2. The second-order valence-corrected chi connectivity index (χ2v) is 9.27. The Labute approximate surface area is 207 Å². The van der Waals surface area contributed by atoms with Crippen LogP contribution >= 0.6 is 11.6 Å². The van der Waals surface area contributed by atoms with Crippen LogP contribution in [0.25, 0.3) is 0 Å². The van der Waals surface area contributed by atoms with E-state index in [9.17, 15) is 19.1 Å². The van der Waals surface area contributed by atoms with E-state index < -0.39 is 29.8 Å². The number of benzene rings is 3. The molecule has 0 radical (unpaired) electrons. The van der Waals surface area contributed by atoms with Crippen molar-refractivity contribution in [2.45, 2.75) is 31.9 Å². The van der Waals surface area contributed by atoms with E-state index in [0.29, 0.717) is 29.9 Å². The minimum Gasteiger partial charge on any atom is -0.493 e. The number of methoxy groups -OCH3 is 1. The van der Waals surface area contributed by atoms with Crippen LogP contribution in [0.2, 0.25) is 5.02 Å². The summed E-state index contributed by atoms with van der Waals surface area (Å²) in [7, 11) is 1.48. The highest BCUT2D eigenvalue weighted by Gasteiger charge is 2.38. The van der Waals surface area contributed by atoms with Gasteiger partial charge in [0, 0.05) is 30.5 Å². The maximum absolute atomic E-state index is 13.9. The van der Waals surface area contributed by atoms with E-state index in [1.807, 2.05) is 37.3 Å². The predicted octanol–water partition coefficient (Wildman–Crippen LogP) is 5.15. The lowest BCUT2D eigenvalue weighted by atomic mass is 9.91. The highest BCUT2D eigenvalue weighted by molar-refractivity contribution is 6.30. The maximum Gasteiger partial charge on any atom is 0.323 e. The van der Waals surface area contributed by atoms with Crippen LogP contribution < -0.4 is 9.47 Å². The molecule has 3 aromatic carbocycles. The van der Waals surface area contributed by atoms with Crippen LogP contribution in [0.5, 0.6) is 11.5 Å². The molecule has 1 aliphatic rings. The number of aliphatic carboxylic acids is 1. The predicted molar refractivity (Wildman–Crippen MR) is 130 cm³/mol. The monoisotopic (exact) mass is 497 g/mol. The average Bonchev–Trinajstić information content (AvgIpc) is 3.16. The second-order valence-electron chi connectivity index (χ2n) is 8.86. The molecule has 1 N–H and O–H groups in total. The molecule has 1 amide bonds. The molecule has 3 aromatic rings. The summed E-state index contributed by atoms with van der Waals surface area (Å²) in [6, 6.07) is 17.1. The van der Waals surface area contributed by atoms with Crippen molar-refractivity contribution in [1.82, 2.24) is 4.90 Å². The SMILES string of the molecule is COc1cc(C(=O)N(CC(=O)O)Cc2ccccc2)cc2c1O[C@](C)(Cc1ccc(Cl)c(F)c1)C2. The van der Waals surface area contributed by atoms with Crippen molar-refractivity contribution in [2.24, 2.45) is 0 Å². The van der Waals surface area contributed by atoms with Gasteiger partial charge in [0.15, 0.2) is 11.5 Å². The van der Waals surface area contributed by atoms with E-state index in [0.717, 1.165) is 16.7 Å². The highest BCUT2D eigenvalue weighted by Crippen LogP contribution is 2.44. The molecule has 35 heavy (non-hydrogen) atoms. The Hall–Kier alpha value is -3.58. The third kappa shape index (κ3) is 5.57. The Morgan fingerprint density at radius 3 is 2.54 bits per heavy atom. The van der Waals surface area contributed by atoms with Crippen molar-refractivity contribution in [2.75, 3.05) is 13.7 Å². The number of fused-ring (bicyclic) bond motifs is 1. The lowest BCUT2D eigenvalue weighted by Crippen LogP contribution is -2.35. The van der Waals surface area contributed by atoms with Crippen molar-refractivity contribution < 1.29 is 28.6 Å². The number of hydrogen-bond acceptors (Lipinski definition) is 4. The summed E-state index contributed by atoms with van der Waals surface area (Å²) >= 11 is 5.80. The summed E-state index contributed by atoms with van der Waals surface area (Å²) in [5, 5.41) is 9.44. The molecule has 4 rings (SSSR count). The van der Waals surface area contributed by atoms with Gasteiger partial charge in [0.25, 0.3) is 5.91 Å². The van der Waals surface area contributed by atoms with Gasteiger partial charge in [0.05, 0.1) is 12.1 Å². The van der Waals surface area contributed by atoms with Crippen molar-refractivity contribution in [1.29, 1.82) is 0 Å². The van der Waals surface area contributed by atoms with E-state index in [1.54, 1.807) is 18.2 Å². The van der Waals surface area contributed by atoms with Gasteiger partial charge in [0.2, 0.25) is 0 Å². The summed E-state index contributed by atoms with van der Waals surface area (Å²) < 4.78 is 25.7. The third-order valence-corrected chi connectivity index (χ3v) is 6.21. The number of carboxylic acid groups (broad SMARTS) is 1. The summed E-state index contributed by atoms with van der Waals surface area (Å²) in [5.41, 5.74) is 1.93. The first kappa shape index (κ1) is 24.5. The van der Waals surface area contributed by atoms with Gasteiger partial charge in [-0.25, -0.2) is 4.39 Å². The van der Waals surface area contributed by atoms with Gasteiger partial charge in [-0.1, -0.05) is 48.0 Å². The van der Waals surface area contributed by atoms with Crippen LogP contribution in [-0.2, 0) is 24.2 Å². The molecule has 6 nitrogen and oxygen atoms in total. The topological polar surface area (TPSA) is 76.1 Å². The summed E-state index contributed by atoms with van der Waals surface area (Å²) in [6.45, 7) is 1.62. The Morgan fingerprint density at radius 1 is 1.14 bits per heavy atom. The first-order chi connectivity index (χ1) is 16.7. The standard InChI is InChI=1S/C27H25ClFNO5/c1-27(13-18-8-9-21(28)22(29)10-18)14-20-11-19(12-23(34-2)25(20)35-27)26(33)30(16-24(31)32)15-17-6-4-3-5-7-17/h3-12H,13-16H2,1-2H3,(H,31,32)/t27-/m1/s1. The van der Waals surface area contributed by atoms with Crippen molar-refractivity contribution in [3.8, 4) is 11.5 Å². The number of carbonyl (C=O) groups excluding carboxylic acids is 1. The summed E-state index contributed by atoms with van der Waals surface area (Å²) in [6.07, 6.45) is 0.878. The fourth-order valence-corrected chi connectivity index (χ4v) is 4.51. The lowest BCUT2D eigenvalue weighted by molar-refractivity contribution is -0.137. The van der Waals surface area contributed by atoms with E-state index >= 15 is 0 Å². The summed E-state index contributed by atoms with van der Waals surface area (Å²) in [5.74, 6) is -1.12. The minimum absolute atomic E-state index is 0.0563. The number of halogens is 2. The molecule has 0 unspecified atom stereocenters. The van der Waals surface area contributed by atoms with Gasteiger partial charge in [-0.2, -0.15) is 0 Å². The molecule has 0 saturated heterocycles. The fraction of sp³-hybridized carbons (Fsp3) is 0.259. The number of amides is 1. The molecule has 0 bridgehead atoms. The Bertz CT molecular complexity index is 1270. The molecule has 0 spiro atoms. The van der Waals surface area contributed by atoms with Gasteiger partial charge < -0.3 is 19.5 Å². The van der Waals surface area contributed by atoms with Crippen LogP contribution in [0, 0.1) is 5.82 Å². The third-order valence-electron chi connectivity index (χ3n) is 5.90. The highest BCUT2D eigenvalue weighted by atomic mass is 35.5. The number of hydrogen-bond donors (Lipinski definition) is 1. The maximum atomic E-state index is 13.9. The van der Waals surface area contributed by atoms with Gasteiger partial charge in [-0.05, 0) is 42.3 Å². The fourth-order valence-electron chi connectivity index (χ4n) is 4.40. The first-order valence-electron chi connectivity index (χ1n) is 11.1. The molecule has 8 heteroatoms. The zero-order valence-corrected chi connectivity index (χ0v) is 20.1. The molecule has 0 saturated carbocycles. The average molecular weight is 498 g/mol. The van der Waals surface area contributed by atoms with E-state index in [2.05, 4.69) is 0 Å². The van der Waals surface area contributed by atoms with Gasteiger partial charge in [-0.3, -0.25) is 9.59 Å². The molecular formula is C27H25ClFNO5. The van der Waals surface area contributed by atoms with Crippen molar-refractivity contribution in [3.63, 3.8) is 0 Å². The molecule has 182 valence electrons. The normalized spacial score (nSPS) is 16.3. The molecular weight excluding hydrogens is 473 g/mol. The molecule has 0 fully saturated rings. The first-order valence-corrected chi connectivity index (χ1v) is 11.4. The zero-order valence-electron chi connectivity index (χ0n) is 19.4. The molecule has 0 aliphatic carbocycles. The molecule has 1 aliphatic heterocycles.